The maximum Gasteiger partial charge on any atom is 0.251 e. The van der Waals surface area contributed by atoms with Crippen molar-refractivity contribution < 1.29 is 4.79 Å². The molecular formula is C9H18N4O. The average molecular weight is 198 g/mol. The Morgan fingerprint density at radius 2 is 2.21 bits per heavy atom. The van der Waals surface area contributed by atoms with E-state index < -0.39 is 0 Å². The minimum absolute atomic E-state index is 0.169. The summed E-state index contributed by atoms with van der Waals surface area (Å²) in [5.74, 6) is 5.05. The SMILES string of the molecule is CC(C)C(C(=O)NN)N(C)CCC#N. The van der Waals surface area contributed by atoms with E-state index in [0.29, 0.717) is 13.0 Å². The fraction of sp³-hybridized carbons (Fsp3) is 0.778. The second-order valence-electron chi connectivity index (χ2n) is 3.59. The number of carbonyl (C=O) groups excluding carboxylic acids is 1. The van der Waals surface area contributed by atoms with Crippen LogP contribution in [0.3, 0.4) is 0 Å². The first-order valence-corrected chi connectivity index (χ1v) is 4.62. The Morgan fingerprint density at radius 1 is 1.64 bits per heavy atom. The van der Waals surface area contributed by atoms with Crippen LogP contribution in [0.25, 0.3) is 0 Å². The molecule has 0 saturated carbocycles. The van der Waals surface area contributed by atoms with E-state index in [1.807, 2.05) is 31.9 Å². The number of nitriles is 1. The van der Waals surface area contributed by atoms with Crippen LogP contribution in [0.4, 0.5) is 0 Å². The second-order valence-corrected chi connectivity index (χ2v) is 3.59. The Balaban J connectivity index is 4.34. The largest absolute Gasteiger partial charge is 0.294 e. The third-order valence-corrected chi connectivity index (χ3v) is 2.09. The molecule has 0 aliphatic rings. The average Bonchev–Trinajstić information content (AvgIpc) is 2.14. The first-order chi connectivity index (χ1) is 6.54. The van der Waals surface area contributed by atoms with Crippen LogP contribution < -0.4 is 11.3 Å². The lowest BCUT2D eigenvalue weighted by Gasteiger charge is -2.28. The fourth-order valence-corrected chi connectivity index (χ4v) is 1.46. The van der Waals surface area contributed by atoms with Crippen LogP contribution >= 0.6 is 0 Å². The third kappa shape index (κ3) is 3.73. The predicted molar refractivity (Wildman–Crippen MR) is 53.8 cm³/mol. The normalized spacial score (nSPS) is 12.6. The number of nitrogens with two attached hydrogens (primary N) is 1. The van der Waals surface area contributed by atoms with E-state index in [-0.39, 0.29) is 17.9 Å². The van der Waals surface area contributed by atoms with Gasteiger partial charge >= 0.3 is 0 Å². The minimum atomic E-state index is -0.270. The maximum atomic E-state index is 11.4. The molecular weight excluding hydrogens is 180 g/mol. The molecule has 0 fully saturated rings. The van der Waals surface area contributed by atoms with Crippen LogP contribution in [-0.4, -0.2) is 30.4 Å². The van der Waals surface area contributed by atoms with Crippen molar-refractivity contribution in [2.45, 2.75) is 26.3 Å². The van der Waals surface area contributed by atoms with Gasteiger partial charge in [-0.1, -0.05) is 13.8 Å². The lowest BCUT2D eigenvalue weighted by atomic mass is 10.0. The molecule has 0 aromatic rings. The summed E-state index contributed by atoms with van der Waals surface area (Å²) in [5.41, 5.74) is 2.14. The van der Waals surface area contributed by atoms with Crippen molar-refractivity contribution in [3.05, 3.63) is 0 Å². The fourth-order valence-electron chi connectivity index (χ4n) is 1.46. The van der Waals surface area contributed by atoms with E-state index in [1.54, 1.807) is 0 Å². The summed E-state index contributed by atoms with van der Waals surface area (Å²) in [6, 6.07) is 1.77. The summed E-state index contributed by atoms with van der Waals surface area (Å²) in [4.78, 5) is 13.2. The van der Waals surface area contributed by atoms with Crippen molar-refractivity contribution in [3.8, 4) is 6.07 Å². The summed E-state index contributed by atoms with van der Waals surface area (Å²) in [5, 5.41) is 8.43. The first kappa shape index (κ1) is 12.9. The van der Waals surface area contributed by atoms with E-state index in [9.17, 15) is 4.79 Å². The zero-order valence-electron chi connectivity index (χ0n) is 8.95. The second kappa shape index (κ2) is 6.35. The van der Waals surface area contributed by atoms with E-state index >= 15 is 0 Å². The number of hydrazine groups is 1. The Hall–Kier alpha value is -1.12. The molecule has 0 aromatic heterocycles. The molecule has 0 radical (unpaired) electrons. The van der Waals surface area contributed by atoms with E-state index in [2.05, 4.69) is 5.43 Å². The highest BCUT2D eigenvalue weighted by Gasteiger charge is 2.25. The van der Waals surface area contributed by atoms with Crippen LogP contribution in [0.1, 0.15) is 20.3 Å². The van der Waals surface area contributed by atoms with Crippen LogP contribution in [0, 0.1) is 17.2 Å². The number of rotatable bonds is 5. The van der Waals surface area contributed by atoms with Crippen molar-refractivity contribution >= 4 is 5.91 Å². The number of nitrogens with zero attached hydrogens (tertiary/aromatic N) is 2. The van der Waals surface area contributed by atoms with Gasteiger partial charge in [-0.25, -0.2) is 5.84 Å². The van der Waals surface area contributed by atoms with Crippen molar-refractivity contribution in [1.29, 1.82) is 5.26 Å². The number of nitrogens with one attached hydrogen (secondary N) is 1. The van der Waals surface area contributed by atoms with Crippen LogP contribution in [0.15, 0.2) is 0 Å². The summed E-state index contributed by atoms with van der Waals surface area (Å²) >= 11 is 0. The smallest absolute Gasteiger partial charge is 0.251 e. The molecule has 0 aromatic carbocycles. The van der Waals surface area contributed by atoms with Gasteiger partial charge in [-0.05, 0) is 13.0 Å². The predicted octanol–water partition coefficient (Wildman–Crippen LogP) is -0.154. The summed E-state index contributed by atoms with van der Waals surface area (Å²) < 4.78 is 0. The monoisotopic (exact) mass is 198 g/mol. The molecule has 0 spiro atoms. The Morgan fingerprint density at radius 3 is 2.57 bits per heavy atom. The van der Waals surface area contributed by atoms with Gasteiger partial charge in [0.15, 0.2) is 0 Å². The number of carbonyl (C=O) groups is 1. The molecule has 1 atom stereocenters. The molecule has 0 bridgehead atoms. The van der Waals surface area contributed by atoms with Gasteiger partial charge < -0.3 is 0 Å². The zero-order valence-corrected chi connectivity index (χ0v) is 8.95. The van der Waals surface area contributed by atoms with E-state index in [4.69, 9.17) is 11.1 Å². The van der Waals surface area contributed by atoms with Crippen molar-refractivity contribution in [1.82, 2.24) is 10.3 Å². The summed E-state index contributed by atoms with van der Waals surface area (Å²) in [7, 11) is 1.82. The molecule has 3 N–H and O–H groups in total. The van der Waals surface area contributed by atoms with Crippen LogP contribution in [0.5, 0.6) is 0 Å². The van der Waals surface area contributed by atoms with Gasteiger partial charge in [0.2, 0.25) is 0 Å². The standard InChI is InChI=1S/C9H18N4O/c1-7(2)8(9(14)12-11)13(3)6-4-5-10/h7-8H,4,6,11H2,1-3H3,(H,12,14). The third-order valence-electron chi connectivity index (χ3n) is 2.09. The Kier molecular flexibility index (Phi) is 5.84. The lowest BCUT2D eigenvalue weighted by molar-refractivity contribution is -0.127. The topological polar surface area (TPSA) is 82.2 Å². The van der Waals surface area contributed by atoms with Crippen LogP contribution in [0.2, 0.25) is 0 Å². The molecule has 1 unspecified atom stereocenters. The molecule has 5 heteroatoms. The summed E-state index contributed by atoms with van der Waals surface area (Å²) in [6.07, 6.45) is 0.414. The van der Waals surface area contributed by atoms with Gasteiger partial charge in [-0.3, -0.25) is 15.1 Å². The molecule has 0 aliphatic heterocycles. The van der Waals surface area contributed by atoms with Gasteiger partial charge in [0.1, 0.15) is 0 Å². The first-order valence-electron chi connectivity index (χ1n) is 4.62. The molecule has 80 valence electrons. The highest BCUT2D eigenvalue weighted by molar-refractivity contribution is 5.81. The maximum absolute atomic E-state index is 11.4. The van der Waals surface area contributed by atoms with Gasteiger partial charge in [-0.15, -0.1) is 0 Å². The Bertz CT molecular complexity index is 221. The number of amides is 1. The molecule has 5 nitrogen and oxygen atoms in total. The molecule has 1 amide bonds. The van der Waals surface area contributed by atoms with Crippen molar-refractivity contribution in [2.75, 3.05) is 13.6 Å². The molecule has 14 heavy (non-hydrogen) atoms. The highest BCUT2D eigenvalue weighted by Crippen LogP contribution is 2.09. The highest BCUT2D eigenvalue weighted by atomic mass is 16.2. The molecule has 0 rings (SSSR count). The van der Waals surface area contributed by atoms with Crippen LogP contribution in [-0.2, 0) is 4.79 Å². The van der Waals surface area contributed by atoms with E-state index in [1.165, 1.54) is 0 Å². The number of hydrogen-bond acceptors (Lipinski definition) is 4. The Labute approximate surface area is 84.8 Å². The van der Waals surface area contributed by atoms with Gasteiger partial charge in [0, 0.05) is 13.0 Å². The van der Waals surface area contributed by atoms with Gasteiger partial charge in [-0.2, -0.15) is 5.26 Å². The zero-order chi connectivity index (χ0) is 11.1. The van der Waals surface area contributed by atoms with Crippen molar-refractivity contribution in [2.24, 2.45) is 11.8 Å². The quantitative estimate of drug-likeness (QED) is 0.365. The van der Waals surface area contributed by atoms with Crippen molar-refractivity contribution in [3.63, 3.8) is 0 Å². The lowest BCUT2D eigenvalue weighted by Crippen LogP contribution is -2.50. The van der Waals surface area contributed by atoms with E-state index in [0.717, 1.165) is 0 Å². The van der Waals surface area contributed by atoms with Gasteiger partial charge in [0.05, 0.1) is 12.1 Å². The number of hydrogen-bond donors (Lipinski definition) is 2. The molecule has 0 saturated heterocycles. The summed E-state index contributed by atoms with van der Waals surface area (Å²) in [6.45, 7) is 4.47. The molecule has 0 heterocycles. The molecule has 0 aliphatic carbocycles. The minimum Gasteiger partial charge on any atom is -0.294 e. The number of likely N-dealkylation sites (N-methyl/N-ethyl adjacent to an activating group) is 1. The van der Waals surface area contributed by atoms with Gasteiger partial charge in [0.25, 0.3) is 5.91 Å².